The molecule has 10 nitrogen and oxygen atoms in total. The van der Waals surface area contributed by atoms with Crippen molar-refractivity contribution < 1.29 is 32.2 Å². The third kappa shape index (κ3) is 8.51. The van der Waals surface area contributed by atoms with E-state index in [-0.39, 0.29) is 37.7 Å². The minimum absolute atomic E-state index is 0.0554. The lowest BCUT2D eigenvalue weighted by atomic mass is 10.0. The number of hydrogen-bond donors (Lipinski definition) is 1. The van der Waals surface area contributed by atoms with E-state index >= 15 is 0 Å². The van der Waals surface area contributed by atoms with Crippen LogP contribution >= 0.6 is 0 Å². The molecule has 2 aromatic rings. The molecule has 1 heterocycles. The molecule has 0 unspecified atom stereocenters. The fraction of sp³-hybridized carbons (Fsp3) is 0.517. The van der Waals surface area contributed by atoms with Crippen molar-refractivity contribution in [1.82, 2.24) is 10.2 Å². The number of fused-ring (bicyclic) bond motifs is 1. The molecule has 0 saturated carbocycles. The average molecular weight is 576 g/mol. The number of benzene rings is 2. The molecule has 1 aliphatic heterocycles. The number of hydrogen-bond acceptors (Lipinski definition) is 7. The third-order valence-corrected chi connectivity index (χ3v) is 7.53. The van der Waals surface area contributed by atoms with Crippen molar-refractivity contribution in [2.24, 2.45) is 0 Å². The predicted molar refractivity (Wildman–Crippen MR) is 154 cm³/mol. The highest BCUT2D eigenvalue weighted by atomic mass is 32.2. The first-order valence-corrected chi connectivity index (χ1v) is 15.3. The molecule has 2 amide bonds. The van der Waals surface area contributed by atoms with E-state index in [9.17, 15) is 18.0 Å². The second-order valence-corrected chi connectivity index (χ2v) is 12.7. The van der Waals surface area contributed by atoms with Gasteiger partial charge in [-0.2, -0.15) is 0 Å². The summed E-state index contributed by atoms with van der Waals surface area (Å²) < 4.78 is 43.1. The molecule has 2 aromatic carbocycles. The van der Waals surface area contributed by atoms with Crippen LogP contribution in [0.2, 0.25) is 0 Å². The van der Waals surface area contributed by atoms with Gasteiger partial charge in [0.2, 0.25) is 21.8 Å². The number of anilines is 1. The van der Waals surface area contributed by atoms with Gasteiger partial charge in [0.05, 0.1) is 19.1 Å². The Bertz CT molecular complexity index is 1290. The van der Waals surface area contributed by atoms with Crippen LogP contribution in [-0.2, 0) is 26.2 Å². The molecule has 3 rings (SSSR count). The molecule has 0 radical (unpaired) electrons. The number of nitrogens with zero attached hydrogens (tertiary/aromatic N) is 2. The molecule has 1 atom stereocenters. The van der Waals surface area contributed by atoms with E-state index in [4.69, 9.17) is 14.2 Å². The molecule has 0 spiro atoms. The number of amides is 2. The highest BCUT2D eigenvalue weighted by Gasteiger charge is 2.31. The molecule has 220 valence electrons. The monoisotopic (exact) mass is 575 g/mol. The summed E-state index contributed by atoms with van der Waals surface area (Å²) in [5.74, 6) is 1.22. The van der Waals surface area contributed by atoms with Gasteiger partial charge >= 0.3 is 0 Å². The number of carbonyl (C=O) groups excluding carboxylic acids is 2. The summed E-state index contributed by atoms with van der Waals surface area (Å²) in [4.78, 5) is 28.4. The van der Waals surface area contributed by atoms with Crippen LogP contribution in [0.1, 0.15) is 52.5 Å². The van der Waals surface area contributed by atoms with Crippen molar-refractivity contribution >= 4 is 27.5 Å². The second-order valence-electron chi connectivity index (χ2n) is 10.8. The number of sulfonamides is 1. The Morgan fingerprint density at radius 3 is 2.40 bits per heavy atom. The number of rotatable bonds is 12. The summed E-state index contributed by atoms with van der Waals surface area (Å²) >= 11 is 0. The van der Waals surface area contributed by atoms with Crippen molar-refractivity contribution in [2.75, 3.05) is 37.4 Å². The maximum atomic E-state index is 13.6. The molecule has 0 aromatic heterocycles. The number of methoxy groups -OCH3 is 1. The summed E-state index contributed by atoms with van der Waals surface area (Å²) in [6.45, 7) is 8.66. The third-order valence-electron chi connectivity index (χ3n) is 6.34. The molecule has 1 aliphatic rings. The Hall–Kier alpha value is -3.47. The SMILES string of the molecule is CC[C@H](C(=O)NC(C)(C)C)N(Cc1cccc(OC)c1)C(=O)CCCN(c1ccc2c(c1)OCCO2)S(C)(=O)=O. The molecule has 0 aliphatic carbocycles. The van der Waals surface area contributed by atoms with Crippen LogP contribution in [-0.4, -0.2) is 69.8 Å². The molecule has 40 heavy (non-hydrogen) atoms. The zero-order chi connectivity index (χ0) is 29.5. The zero-order valence-corrected chi connectivity index (χ0v) is 25.0. The second kappa shape index (κ2) is 13.3. The first-order valence-electron chi connectivity index (χ1n) is 13.4. The minimum Gasteiger partial charge on any atom is -0.497 e. The lowest BCUT2D eigenvalue weighted by molar-refractivity contribution is -0.142. The summed E-state index contributed by atoms with van der Waals surface area (Å²) in [6, 6.07) is 11.7. The first-order chi connectivity index (χ1) is 18.8. The highest BCUT2D eigenvalue weighted by molar-refractivity contribution is 7.92. The zero-order valence-electron chi connectivity index (χ0n) is 24.2. The average Bonchev–Trinajstić information content (AvgIpc) is 2.89. The van der Waals surface area contributed by atoms with Crippen LogP contribution in [0.3, 0.4) is 0 Å². The summed E-state index contributed by atoms with van der Waals surface area (Å²) in [6.07, 6.45) is 1.86. The van der Waals surface area contributed by atoms with Crippen molar-refractivity contribution in [2.45, 2.75) is 65.1 Å². The lowest BCUT2D eigenvalue weighted by Gasteiger charge is -2.33. The van der Waals surface area contributed by atoms with Gasteiger partial charge in [-0.15, -0.1) is 0 Å². The largest absolute Gasteiger partial charge is 0.497 e. The maximum absolute atomic E-state index is 13.6. The fourth-order valence-corrected chi connectivity index (χ4v) is 5.49. The van der Waals surface area contributed by atoms with Gasteiger partial charge in [0.15, 0.2) is 11.5 Å². The quantitative estimate of drug-likeness (QED) is 0.410. The van der Waals surface area contributed by atoms with Gasteiger partial charge < -0.3 is 24.4 Å². The van der Waals surface area contributed by atoms with E-state index in [1.54, 1.807) is 30.2 Å². The molecule has 0 saturated heterocycles. The van der Waals surface area contributed by atoms with Crippen molar-refractivity contribution in [3.63, 3.8) is 0 Å². The number of ether oxygens (including phenoxy) is 3. The lowest BCUT2D eigenvalue weighted by Crippen LogP contribution is -2.53. The Balaban J connectivity index is 1.80. The van der Waals surface area contributed by atoms with Crippen LogP contribution in [0.5, 0.6) is 17.2 Å². The topological polar surface area (TPSA) is 114 Å². The fourth-order valence-electron chi connectivity index (χ4n) is 4.53. The molecule has 1 N–H and O–H groups in total. The smallest absolute Gasteiger partial charge is 0.243 e. The Kier molecular flexibility index (Phi) is 10.3. The van der Waals surface area contributed by atoms with E-state index in [2.05, 4.69) is 5.32 Å². The number of nitrogens with one attached hydrogen (secondary N) is 1. The summed E-state index contributed by atoms with van der Waals surface area (Å²) in [7, 11) is -2.07. The van der Waals surface area contributed by atoms with Crippen LogP contribution in [0, 0.1) is 0 Å². The van der Waals surface area contributed by atoms with E-state index in [1.165, 1.54) is 4.31 Å². The van der Waals surface area contributed by atoms with Crippen LogP contribution in [0.15, 0.2) is 42.5 Å². The van der Waals surface area contributed by atoms with E-state index in [0.29, 0.717) is 42.6 Å². The van der Waals surface area contributed by atoms with Gasteiger partial charge in [0, 0.05) is 31.1 Å². The Morgan fingerprint density at radius 2 is 1.77 bits per heavy atom. The van der Waals surface area contributed by atoms with E-state index in [0.717, 1.165) is 11.8 Å². The van der Waals surface area contributed by atoms with Gasteiger partial charge in [-0.25, -0.2) is 8.42 Å². The summed E-state index contributed by atoms with van der Waals surface area (Å²) in [5.41, 5.74) is 0.793. The van der Waals surface area contributed by atoms with Crippen LogP contribution in [0.25, 0.3) is 0 Å². The van der Waals surface area contributed by atoms with Crippen molar-refractivity contribution in [3.05, 3.63) is 48.0 Å². The molecule has 11 heteroatoms. The van der Waals surface area contributed by atoms with Crippen LogP contribution < -0.4 is 23.8 Å². The molecular weight excluding hydrogens is 534 g/mol. The predicted octanol–water partition coefficient (Wildman–Crippen LogP) is 3.73. The van der Waals surface area contributed by atoms with Gasteiger partial charge in [0.1, 0.15) is 25.0 Å². The van der Waals surface area contributed by atoms with Gasteiger partial charge in [-0.05, 0) is 63.4 Å². The normalized spacial score (nSPS) is 13.8. The van der Waals surface area contributed by atoms with Crippen molar-refractivity contribution in [3.8, 4) is 17.2 Å². The van der Waals surface area contributed by atoms with E-state index in [1.807, 2.05) is 52.0 Å². The molecule has 0 fully saturated rings. The van der Waals surface area contributed by atoms with Gasteiger partial charge in [0.25, 0.3) is 0 Å². The highest BCUT2D eigenvalue weighted by Crippen LogP contribution is 2.34. The van der Waals surface area contributed by atoms with E-state index < -0.39 is 21.6 Å². The summed E-state index contributed by atoms with van der Waals surface area (Å²) in [5, 5.41) is 2.99. The first kappa shape index (κ1) is 31.1. The minimum atomic E-state index is -3.64. The molecule has 0 bridgehead atoms. The van der Waals surface area contributed by atoms with Gasteiger partial charge in [-0.1, -0.05) is 19.1 Å². The Morgan fingerprint density at radius 1 is 1.07 bits per heavy atom. The molecular formula is C29H41N3O7S. The number of carbonyl (C=O) groups is 2. The Labute approximate surface area is 237 Å². The van der Waals surface area contributed by atoms with Crippen molar-refractivity contribution in [1.29, 1.82) is 0 Å². The maximum Gasteiger partial charge on any atom is 0.243 e. The van der Waals surface area contributed by atoms with Crippen LogP contribution in [0.4, 0.5) is 5.69 Å². The standard InChI is InChI=1S/C29H41N3O7S/c1-7-24(28(34)30-29(2,3)4)31(20-21-10-8-11-23(18-21)37-5)27(33)12-9-15-32(40(6,35)36)22-13-14-25-26(19-22)39-17-16-38-25/h8,10-11,13-14,18-19,24H,7,9,12,15-17,20H2,1-6H3,(H,30,34)/t24-/m1/s1. The van der Waals surface area contributed by atoms with Gasteiger partial charge in [-0.3, -0.25) is 13.9 Å².